The van der Waals surface area contributed by atoms with Crippen molar-refractivity contribution in [2.75, 3.05) is 13.7 Å². The zero-order valence-electron chi connectivity index (χ0n) is 10.7. The first-order valence-electron chi connectivity index (χ1n) is 6.13. The van der Waals surface area contributed by atoms with Gasteiger partial charge in [0, 0.05) is 18.9 Å². The van der Waals surface area contributed by atoms with E-state index in [1.807, 2.05) is 6.92 Å². The van der Waals surface area contributed by atoms with E-state index in [1.165, 1.54) is 6.20 Å². The van der Waals surface area contributed by atoms with Gasteiger partial charge in [0.25, 0.3) is 5.91 Å². The minimum absolute atomic E-state index is 0.0158. The molecule has 18 heavy (non-hydrogen) atoms. The zero-order chi connectivity index (χ0) is 13.0. The molecular weight excluding hydrogens is 232 g/mol. The van der Waals surface area contributed by atoms with E-state index in [2.05, 4.69) is 10.3 Å². The number of carbonyl (C=O) groups is 1. The molecule has 1 aliphatic heterocycles. The maximum Gasteiger partial charge on any atom is 0.253 e. The van der Waals surface area contributed by atoms with Gasteiger partial charge >= 0.3 is 0 Å². The number of nitrogens with zero attached hydrogens (tertiary/aromatic N) is 1. The molecule has 5 nitrogen and oxygen atoms in total. The smallest absolute Gasteiger partial charge is 0.253 e. The van der Waals surface area contributed by atoms with Gasteiger partial charge in [-0.2, -0.15) is 0 Å². The molecule has 1 aliphatic rings. The summed E-state index contributed by atoms with van der Waals surface area (Å²) in [7, 11) is 1.54. The predicted octanol–water partition coefficient (Wildman–Crippen LogP) is 1.39. The summed E-state index contributed by atoms with van der Waals surface area (Å²) in [5.41, 5.74) is 0.528. The average Bonchev–Trinajstić information content (AvgIpc) is 2.92. The first-order chi connectivity index (χ1) is 8.70. The Labute approximate surface area is 107 Å². The van der Waals surface area contributed by atoms with Crippen molar-refractivity contribution in [2.24, 2.45) is 0 Å². The van der Waals surface area contributed by atoms with Gasteiger partial charge in [0.15, 0.2) is 0 Å². The standard InChI is InChI=1S/C13H18N2O3/c1-9(11-4-3-7-18-11)15-13(16)10-5-6-12(17-2)14-8-10/h5-6,8-9,11H,3-4,7H2,1-2H3,(H,15,16)/t9-,11+/m1/s1. The fourth-order valence-corrected chi connectivity index (χ4v) is 2.02. The number of nitrogens with one attached hydrogen (secondary N) is 1. The van der Waals surface area contributed by atoms with Crippen molar-refractivity contribution in [3.63, 3.8) is 0 Å². The molecule has 2 atom stereocenters. The van der Waals surface area contributed by atoms with Gasteiger partial charge < -0.3 is 14.8 Å². The molecule has 2 rings (SSSR count). The molecule has 0 aliphatic carbocycles. The summed E-state index contributed by atoms with van der Waals surface area (Å²) in [5.74, 6) is 0.367. The second kappa shape index (κ2) is 5.82. The lowest BCUT2D eigenvalue weighted by Crippen LogP contribution is -2.40. The van der Waals surface area contributed by atoms with Crippen LogP contribution in [0.1, 0.15) is 30.1 Å². The SMILES string of the molecule is COc1ccc(C(=O)N[C@H](C)[C@@H]2CCCO2)cn1. The summed E-state index contributed by atoms with van der Waals surface area (Å²) in [4.78, 5) is 16.0. The van der Waals surface area contributed by atoms with Crippen LogP contribution >= 0.6 is 0 Å². The first-order valence-corrected chi connectivity index (χ1v) is 6.13. The molecule has 5 heteroatoms. The van der Waals surface area contributed by atoms with Gasteiger partial charge in [0.2, 0.25) is 5.88 Å². The highest BCUT2D eigenvalue weighted by atomic mass is 16.5. The lowest BCUT2D eigenvalue weighted by molar-refractivity contribution is 0.0712. The monoisotopic (exact) mass is 250 g/mol. The van der Waals surface area contributed by atoms with Gasteiger partial charge in [-0.25, -0.2) is 4.98 Å². The van der Waals surface area contributed by atoms with Crippen LogP contribution in [0.5, 0.6) is 5.88 Å². The summed E-state index contributed by atoms with van der Waals surface area (Å²) in [6.07, 6.45) is 3.70. The minimum Gasteiger partial charge on any atom is -0.481 e. The highest BCUT2D eigenvalue weighted by molar-refractivity contribution is 5.94. The molecule has 98 valence electrons. The highest BCUT2D eigenvalue weighted by Gasteiger charge is 2.23. The summed E-state index contributed by atoms with van der Waals surface area (Å²) in [5, 5.41) is 2.93. The minimum atomic E-state index is -0.131. The highest BCUT2D eigenvalue weighted by Crippen LogP contribution is 2.16. The molecule has 0 aromatic carbocycles. The Morgan fingerprint density at radius 2 is 2.44 bits per heavy atom. The van der Waals surface area contributed by atoms with E-state index >= 15 is 0 Å². The summed E-state index contributed by atoms with van der Waals surface area (Å²) < 4.78 is 10.5. The number of carbonyl (C=O) groups excluding carboxylic acids is 1. The van der Waals surface area contributed by atoms with Crippen LogP contribution in [0.2, 0.25) is 0 Å². The third kappa shape index (κ3) is 2.98. The van der Waals surface area contributed by atoms with E-state index in [0.717, 1.165) is 19.4 Å². The van der Waals surface area contributed by atoms with Crippen LogP contribution in [0.25, 0.3) is 0 Å². The van der Waals surface area contributed by atoms with Crippen LogP contribution in [0, 0.1) is 0 Å². The van der Waals surface area contributed by atoms with Crippen LogP contribution in [0.15, 0.2) is 18.3 Å². The Kier molecular flexibility index (Phi) is 4.15. The third-order valence-corrected chi connectivity index (χ3v) is 3.09. The molecule has 0 spiro atoms. The molecule has 1 fully saturated rings. The molecule has 0 saturated carbocycles. The Morgan fingerprint density at radius 3 is 3.00 bits per heavy atom. The van der Waals surface area contributed by atoms with Crippen molar-refractivity contribution in [3.8, 4) is 5.88 Å². The Balaban J connectivity index is 1.93. The lowest BCUT2D eigenvalue weighted by atomic mass is 10.1. The average molecular weight is 250 g/mol. The summed E-state index contributed by atoms with van der Waals surface area (Å²) in [6.45, 7) is 2.75. The van der Waals surface area contributed by atoms with Crippen LogP contribution in [0.3, 0.4) is 0 Å². The van der Waals surface area contributed by atoms with E-state index in [0.29, 0.717) is 11.4 Å². The van der Waals surface area contributed by atoms with Gasteiger partial charge in [0.1, 0.15) is 0 Å². The maximum absolute atomic E-state index is 12.0. The molecule has 1 aromatic heterocycles. The largest absolute Gasteiger partial charge is 0.481 e. The number of hydrogen-bond acceptors (Lipinski definition) is 4. The van der Waals surface area contributed by atoms with Crippen molar-refractivity contribution in [3.05, 3.63) is 23.9 Å². The number of amides is 1. The van der Waals surface area contributed by atoms with Gasteiger partial charge in [0.05, 0.1) is 24.8 Å². The van der Waals surface area contributed by atoms with Crippen molar-refractivity contribution in [1.82, 2.24) is 10.3 Å². The molecule has 1 aromatic rings. The van der Waals surface area contributed by atoms with Crippen LogP contribution in [-0.4, -0.2) is 36.8 Å². The van der Waals surface area contributed by atoms with E-state index < -0.39 is 0 Å². The molecule has 0 bridgehead atoms. The van der Waals surface area contributed by atoms with Crippen LogP contribution < -0.4 is 10.1 Å². The number of rotatable bonds is 4. The molecule has 1 amide bonds. The quantitative estimate of drug-likeness (QED) is 0.877. The van der Waals surface area contributed by atoms with Crippen molar-refractivity contribution in [1.29, 1.82) is 0 Å². The van der Waals surface area contributed by atoms with Crippen molar-refractivity contribution < 1.29 is 14.3 Å². The molecule has 2 heterocycles. The summed E-state index contributed by atoms with van der Waals surface area (Å²) in [6, 6.07) is 3.39. The predicted molar refractivity (Wildman–Crippen MR) is 66.7 cm³/mol. The molecule has 1 N–H and O–H groups in total. The van der Waals surface area contributed by atoms with E-state index in [4.69, 9.17) is 9.47 Å². The zero-order valence-corrected chi connectivity index (χ0v) is 10.7. The van der Waals surface area contributed by atoms with Gasteiger partial charge in [-0.3, -0.25) is 4.79 Å². The van der Waals surface area contributed by atoms with Gasteiger partial charge in [-0.1, -0.05) is 0 Å². The Hall–Kier alpha value is -1.62. The van der Waals surface area contributed by atoms with Crippen molar-refractivity contribution >= 4 is 5.91 Å². The molecule has 0 radical (unpaired) electrons. The second-order valence-electron chi connectivity index (χ2n) is 4.40. The number of methoxy groups -OCH3 is 1. The lowest BCUT2D eigenvalue weighted by Gasteiger charge is -2.19. The van der Waals surface area contributed by atoms with Crippen LogP contribution in [-0.2, 0) is 4.74 Å². The van der Waals surface area contributed by atoms with Crippen molar-refractivity contribution in [2.45, 2.75) is 31.9 Å². The van der Waals surface area contributed by atoms with E-state index in [9.17, 15) is 4.79 Å². The molecular formula is C13H18N2O3. The molecule has 1 saturated heterocycles. The number of pyridine rings is 1. The van der Waals surface area contributed by atoms with E-state index in [1.54, 1.807) is 19.2 Å². The van der Waals surface area contributed by atoms with Gasteiger partial charge in [-0.15, -0.1) is 0 Å². The Morgan fingerprint density at radius 1 is 1.61 bits per heavy atom. The fraction of sp³-hybridized carbons (Fsp3) is 0.538. The number of hydrogen-bond donors (Lipinski definition) is 1. The normalized spacial score (nSPS) is 20.4. The summed E-state index contributed by atoms with van der Waals surface area (Å²) >= 11 is 0. The topological polar surface area (TPSA) is 60.5 Å². The first kappa shape index (κ1) is 12.8. The fourth-order valence-electron chi connectivity index (χ4n) is 2.02. The number of aromatic nitrogens is 1. The van der Waals surface area contributed by atoms with Gasteiger partial charge in [-0.05, 0) is 25.8 Å². The molecule has 0 unspecified atom stereocenters. The maximum atomic E-state index is 12.0. The second-order valence-corrected chi connectivity index (χ2v) is 4.40. The Bertz CT molecular complexity index is 399. The van der Waals surface area contributed by atoms with E-state index in [-0.39, 0.29) is 18.1 Å². The number of ether oxygens (including phenoxy) is 2. The third-order valence-electron chi connectivity index (χ3n) is 3.09. The van der Waals surface area contributed by atoms with Crippen LogP contribution in [0.4, 0.5) is 0 Å².